The lowest BCUT2D eigenvalue weighted by atomic mass is 9.81. The van der Waals surface area contributed by atoms with E-state index in [2.05, 4.69) is 0 Å². The largest absolute Gasteiger partial charge is 0.444 e. The van der Waals surface area contributed by atoms with E-state index in [0.717, 1.165) is 0 Å². The number of carbonyl (C=O) groups excluding carboxylic acids is 1. The van der Waals surface area contributed by atoms with Crippen LogP contribution in [0, 0.1) is 17.2 Å². The van der Waals surface area contributed by atoms with Gasteiger partial charge in [-0.05, 0) is 40.5 Å². The Morgan fingerprint density at radius 2 is 2.21 bits per heavy atom. The summed E-state index contributed by atoms with van der Waals surface area (Å²) in [6.07, 6.45) is 0.683. The summed E-state index contributed by atoms with van der Waals surface area (Å²) in [6, 6.07) is 2.03. The summed E-state index contributed by atoms with van der Waals surface area (Å²) >= 11 is 0. The molecule has 1 aliphatic heterocycles. The molecule has 0 saturated carbocycles. The van der Waals surface area contributed by atoms with Crippen molar-refractivity contribution in [2.75, 3.05) is 13.1 Å². The lowest BCUT2D eigenvalue weighted by molar-refractivity contribution is -0.0184. The van der Waals surface area contributed by atoms with Crippen LogP contribution in [0.5, 0.6) is 0 Å². The van der Waals surface area contributed by atoms with Crippen molar-refractivity contribution in [3.63, 3.8) is 0 Å². The van der Waals surface area contributed by atoms with Crippen molar-refractivity contribution in [2.24, 2.45) is 5.92 Å². The van der Waals surface area contributed by atoms with E-state index in [4.69, 9.17) is 10.00 Å². The molecule has 1 amide bonds. The topological polar surface area (TPSA) is 53.3 Å². The molecule has 2 unspecified atom stereocenters. The summed E-state index contributed by atoms with van der Waals surface area (Å²) in [7, 11) is 0. The molecular weight excluding hydrogens is 247 g/mol. The number of halogens is 1. The number of hydrogen-bond donors (Lipinski definition) is 0. The molecule has 5 heteroatoms. The number of alkyl halides is 1. The Hall–Kier alpha value is -1.31. The first-order valence-electron chi connectivity index (χ1n) is 6.69. The maximum absolute atomic E-state index is 14.3. The number of hydrogen-bond acceptors (Lipinski definition) is 3. The van der Waals surface area contributed by atoms with Crippen molar-refractivity contribution >= 4 is 6.09 Å². The molecule has 19 heavy (non-hydrogen) atoms. The normalized spacial score (nSPS) is 27.8. The van der Waals surface area contributed by atoms with Crippen LogP contribution in [0.15, 0.2) is 0 Å². The van der Waals surface area contributed by atoms with Crippen LogP contribution < -0.4 is 0 Å². The smallest absolute Gasteiger partial charge is 0.410 e. The van der Waals surface area contributed by atoms with Crippen LogP contribution in [0.2, 0.25) is 0 Å². The average molecular weight is 270 g/mol. The quantitative estimate of drug-likeness (QED) is 0.773. The maximum Gasteiger partial charge on any atom is 0.410 e. The Balaban J connectivity index is 2.65. The van der Waals surface area contributed by atoms with E-state index >= 15 is 0 Å². The SMILES string of the molecule is CC(C)(C)OC(=O)N1CCC(C)(F)C(CCC#N)C1. The number of likely N-dealkylation sites (tertiary alicyclic amines) is 1. The predicted octanol–water partition coefficient (Wildman–Crippen LogP) is 3.28. The Morgan fingerprint density at radius 1 is 1.58 bits per heavy atom. The van der Waals surface area contributed by atoms with E-state index in [1.165, 1.54) is 0 Å². The molecule has 0 spiro atoms. The number of rotatable bonds is 2. The molecule has 0 radical (unpaired) electrons. The summed E-state index contributed by atoms with van der Waals surface area (Å²) in [5, 5.41) is 8.62. The van der Waals surface area contributed by atoms with Gasteiger partial charge in [0.2, 0.25) is 0 Å². The number of carbonyl (C=O) groups is 1. The molecule has 1 rings (SSSR count). The standard InChI is InChI=1S/C14H23FN2O2/c1-13(2,3)19-12(18)17-9-7-14(4,15)11(10-17)6-5-8-16/h11H,5-7,9-10H2,1-4H3. The van der Waals surface area contributed by atoms with Gasteiger partial charge in [0, 0.05) is 25.4 Å². The van der Waals surface area contributed by atoms with E-state index in [1.807, 2.05) is 6.07 Å². The Kier molecular flexibility index (Phi) is 4.78. The van der Waals surface area contributed by atoms with Crippen molar-refractivity contribution in [1.82, 2.24) is 4.90 Å². The van der Waals surface area contributed by atoms with Crippen molar-refractivity contribution in [2.45, 2.75) is 58.2 Å². The fourth-order valence-electron chi connectivity index (χ4n) is 2.23. The average Bonchev–Trinajstić information content (AvgIpc) is 2.24. The molecule has 108 valence electrons. The first-order chi connectivity index (χ1) is 8.65. The minimum Gasteiger partial charge on any atom is -0.444 e. The molecule has 4 nitrogen and oxygen atoms in total. The van der Waals surface area contributed by atoms with Gasteiger partial charge in [0.05, 0.1) is 6.07 Å². The first kappa shape index (κ1) is 15.7. The number of piperidine rings is 1. The fraction of sp³-hybridized carbons (Fsp3) is 0.857. The molecular formula is C14H23FN2O2. The molecule has 1 heterocycles. The third-order valence-electron chi connectivity index (χ3n) is 3.42. The molecule has 0 aromatic carbocycles. The Morgan fingerprint density at radius 3 is 2.74 bits per heavy atom. The molecule has 1 saturated heterocycles. The Bertz CT molecular complexity index is 369. The maximum atomic E-state index is 14.3. The second-order valence-electron chi connectivity index (χ2n) is 6.35. The third-order valence-corrected chi connectivity index (χ3v) is 3.42. The van der Waals surface area contributed by atoms with Gasteiger partial charge < -0.3 is 9.64 Å². The van der Waals surface area contributed by atoms with Gasteiger partial charge in [-0.2, -0.15) is 5.26 Å². The van der Waals surface area contributed by atoms with Gasteiger partial charge in [-0.25, -0.2) is 9.18 Å². The second kappa shape index (κ2) is 5.77. The van der Waals surface area contributed by atoms with Gasteiger partial charge >= 0.3 is 6.09 Å². The molecule has 0 N–H and O–H groups in total. The lowest BCUT2D eigenvalue weighted by Crippen LogP contribution is -2.51. The van der Waals surface area contributed by atoms with E-state index < -0.39 is 17.4 Å². The first-order valence-corrected chi connectivity index (χ1v) is 6.69. The van der Waals surface area contributed by atoms with Crippen LogP contribution in [0.3, 0.4) is 0 Å². The monoisotopic (exact) mass is 270 g/mol. The lowest BCUT2D eigenvalue weighted by Gasteiger charge is -2.41. The number of nitrogens with zero attached hydrogens (tertiary/aromatic N) is 2. The van der Waals surface area contributed by atoms with Gasteiger partial charge in [-0.3, -0.25) is 0 Å². The van der Waals surface area contributed by atoms with Crippen LogP contribution in [0.1, 0.15) is 47.0 Å². The van der Waals surface area contributed by atoms with Gasteiger partial charge in [-0.1, -0.05) is 0 Å². The van der Waals surface area contributed by atoms with E-state index in [-0.39, 0.29) is 5.92 Å². The van der Waals surface area contributed by atoms with Crippen molar-refractivity contribution in [3.05, 3.63) is 0 Å². The molecule has 1 fully saturated rings. The predicted molar refractivity (Wildman–Crippen MR) is 70.3 cm³/mol. The van der Waals surface area contributed by atoms with Crippen molar-refractivity contribution in [1.29, 1.82) is 5.26 Å². The molecule has 2 atom stereocenters. The van der Waals surface area contributed by atoms with Gasteiger partial charge in [0.1, 0.15) is 11.3 Å². The van der Waals surface area contributed by atoms with Gasteiger partial charge in [0.25, 0.3) is 0 Å². The van der Waals surface area contributed by atoms with E-state index in [0.29, 0.717) is 32.4 Å². The Labute approximate surface area is 114 Å². The summed E-state index contributed by atoms with van der Waals surface area (Å²) < 4.78 is 19.6. The zero-order valence-electron chi connectivity index (χ0n) is 12.2. The van der Waals surface area contributed by atoms with E-state index in [1.54, 1.807) is 32.6 Å². The molecule has 0 aliphatic carbocycles. The highest BCUT2D eigenvalue weighted by Crippen LogP contribution is 2.34. The summed E-state index contributed by atoms with van der Waals surface area (Å²) in [6.45, 7) is 7.67. The number of ether oxygens (including phenoxy) is 1. The number of amides is 1. The highest BCUT2D eigenvalue weighted by Gasteiger charge is 2.41. The van der Waals surface area contributed by atoms with Crippen LogP contribution >= 0.6 is 0 Å². The highest BCUT2D eigenvalue weighted by molar-refractivity contribution is 5.68. The highest BCUT2D eigenvalue weighted by atomic mass is 19.1. The summed E-state index contributed by atoms with van der Waals surface area (Å²) in [4.78, 5) is 13.5. The summed E-state index contributed by atoms with van der Waals surface area (Å²) in [5.74, 6) is -0.298. The molecule has 0 bridgehead atoms. The minimum absolute atomic E-state index is 0.294. The van der Waals surface area contributed by atoms with Crippen molar-refractivity contribution < 1.29 is 13.9 Å². The van der Waals surface area contributed by atoms with Crippen LogP contribution in [-0.2, 0) is 4.74 Å². The summed E-state index contributed by atoms with van der Waals surface area (Å²) in [5.41, 5.74) is -1.86. The van der Waals surface area contributed by atoms with Crippen LogP contribution in [0.25, 0.3) is 0 Å². The van der Waals surface area contributed by atoms with Gasteiger partial charge in [-0.15, -0.1) is 0 Å². The van der Waals surface area contributed by atoms with E-state index in [9.17, 15) is 9.18 Å². The minimum atomic E-state index is -1.31. The van der Waals surface area contributed by atoms with Crippen molar-refractivity contribution in [3.8, 4) is 6.07 Å². The zero-order chi connectivity index (χ0) is 14.7. The molecule has 0 aromatic heterocycles. The van der Waals surface area contributed by atoms with Crippen LogP contribution in [0.4, 0.5) is 9.18 Å². The zero-order valence-corrected chi connectivity index (χ0v) is 12.2. The second-order valence-corrected chi connectivity index (χ2v) is 6.35. The fourth-order valence-corrected chi connectivity index (χ4v) is 2.23. The third kappa shape index (κ3) is 4.70. The molecule has 1 aliphatic rings. The van der Waals surface area contributed by atoms with Crippen LogP contribution in [-0.4, -0.2) is 35.4 Å². The number of nitriles is 1. The van der Waals surface area contributed by atoms with Gasteiger partial charge in [0.15, 0.2) is 0 Å². The molecule has 0 aromatic rings.